The van der Waals surface area contributed by atoms with Gasteiger partial charge in [0, 0.05) is 24.2 Å². The van der Waals surface area contributed by atoms with E-state index in [0.29, 0.717) is 6.10 Å². The van der Waals surface area contributed by atoms with Crippen LogP contribution in [0.5, 0.6) is 0 Å². The van der Waals surface area contributed by atoms with Crippen LogP contribution < -0.4 is 5.32 Å². The maximum absolute atomic E-state index is 5.43. The number of nitrogens with one attached hydrogen (secondary N) is 1. The van der Waals surface area contributed by atoms with Gasteiger partial charge in [0.05, 0.1) is 17.7 Å². The normalized spacial score (nSPS) is 11.2. The molecule has 0 spiro atoms. The van der Waals surface area contributed by atoms with E-state index in [1.165, 1.54) is 9.88 Å². The fraction of sp³-hybridized carbons (Fsp3) is 0.727. The zero-order valence-electron chi connectivity index (χ0n) is 9.75. The number of rotatable bonds is 7. The van der Waals surface area contributed by atoms with Gasteiger partial charge in [0.1, 0.15) is 0 Å². The largest absolute Gasteiger partial charge is 0.377 e. The third-order valence-electron chi connectivity index (χ3n) is 1.93. The van der Waals surface area contributed by atoms with Crippen molar-refractivity contribution in [1.29, 1.82) is 0 Å². The van der Waals surface area contributed by atoms with Gasteiger partial charge in [0.25, 0.3) is 0 Å². The van der Waals surface area contributed by atoms with E-state index in [1.54, 1.807) is 11.3 Å². The third kappa shape index (κ3) is 5.25. The minimum atomic E-state index is 0.321. The van der Waals surface area contributed by atoms with Gasteiger partial charge in [-0.15, -0.1) is 11.3 Å². The highest BCUT2D eigenvalue weighted by Gasteiger charge is 1.99. The Morgan fingerprint density at radius 2 is 2.33 bits per heavy atom. The molecule has 1 rings (SSSR count). The van der Waals surface area contributed by atoms with Crippen LogP contribution in [-0.4, -0.2) is 24.2 Å². The molecular weight excluding hydrogens is 208 g/mol. The number of thiazole rings is 1. The van der Waals surface area contributed by atoms with E-state index in [-0.39, 0.29) is 0 Å². The lowest BCUT2D eigenvalue weighted by molar-refractivity contribution is 0.0807. The molecule has 0 aromatic carbocycles. The van der Waals surface area contributed by atoms with Gasteiger partial charge in [-0.1, -0.05) is 6.92 Å². The van der Waals surface area contributed by atoms with Crippen LogP contribution in [0.15, 0.2) is 6.20 Å². The fourth-order valence-corrected chi connectivity index (χ4v) is 2.00. The van der Waals surface area contributed by atoms with Gasteiger partial charge in [-0.05, 0) is 20.3 Å². The number of hydrogen-bond donors (Lipinski definition) is 1. The van der Waals surface area contributed by atoms with Crippen molar-refractivity contribution in [2.24, 2.45) is 0 Å². The molecule has 86 valence electrons. The lowest BCUT2D eigenvalue weighted by Gasteiger charge is -2.07. The van der Waals surface area contributed by atoms with Crippen molar-refractivity contribution < 1.29 is 4.74 Å². The molecule has 4 heteroatoms. The van der Waals surface area contributed by atoms with E-state index in [2.05, 4.69) is 31.1 Å². The maximum Gasteiger partial charge on any atom is 0.0925 e. The molecule has 0 radical (unpaired) electrons. The molecule has 0 unspecified atom stereocenters. The van der Waals surface area contributed by atoms with Crippen LogP contribution in [0.1, 0.15) is 30.7 Å². The summed E-state index contributed by atoms with van der Waals surface area (Å²) in [6.07, 6.45) is 3.31. The Hall–Kier alpha value is -0.450. The number of ether oxygens (including phenoxy) is 1. The van der Waals surface area contributed by atoms with Crippen LogP contribution >= 0.6 is 11.3 Å². The Balaban J connectivity index is 2.09. The summed E-state index contributed by atoms with van der Waals surface area (Å²) in [6.45, 7) is 8.81. The van der Waals surface area contributed by atoms with Gasteiger partial charge < -0.3 is 10.1 Å². The predicted octanol–water partition coefficient (Wildman–Crippen LogP) is 2.22. The quantitative estimate of drug-likeness (QED) is 0.727. The zero-order chi connectivity index (χ0) is 11.1. The van der Waals surface area contributed by atoms with Crippen molar-refractivity contribution in [3.8, 4) is 0 Å². The summed E-state index contributed by atoms with van der Waals surface area (Å²) in [4.78, 5) is 5.61. The molecule has 0 saturated heterocycles. The minimum absolute atomic E-state index is 0.321. The molecule has 0 aliphatic heterocycles. The molecule has 0 aliphatic carbocycles. The Morgan fingerprint density at radius 1 is 1.53 bits per heavy atom. The first-order valence-electron chi connectivity index (χ1n) is 5.48. The maximum atomic E-state index is 5.43. The number of hydrogen-bond acceptors (Lipinski definition) is 4. The summed E-state index contributed by atoms with van der Waals surface area (Å²) >= 11 is 1.78. The van der Waals surface area contributed by atoms with E-state index in [1.807, 2.05) is 6.20 Å². The van der Waals surface area contributed by atoms with Crippen molar-refractivity contribution in [3.05, 3.63) is 16.1 Å². The Morgan fingerprint density at radius 3 is 2.93 bits per heavy atom. The summed E-state index contributed by atoms with van der Waals surface area (Å²) in [7, 11) is 0. The number of aromatic nitrogens is 1. The van der Waals surface area contributed by atoms with Crippen molar-refractivity contribution in [1.82, 2.24) is 10.3 Å². The van der Waals surface area contributed by atoms with Gasteiger partial charge in [-0.2, -0.15) is 0 Å². The van der Waals surface area contributed by atoms with E-state index >= 15 is 0 Å². The van der Waals surface area contributed by atoms with Gasteiger partial charge in [-0.25, -0.2) is 4.98 Å². The minimum Gasteiger partial charge on any atom is -0.377 e. The Kier molecular flexibility index (Phi) is 5.83. The summed E-state index contributed by atoms with van der Waals surface area (Å²) in [5.74, 6) is 0. The Labute approximate surface area is 95.9 Å². The second kappa shape index (κ2) is 6.93. The average molecular weight is 228 g/mol. The van der Waals surface area contributed by atoms with Gasteiger partial charge in [-0.3, -0.25) is 0 Å². The van der Waals surface area contributed by atoms with Crippen molar-refractivity contribution in [3.63, 3.8) is 0 Å². The lowest BCUT2D eigenvalue weighted by atomic mass is 10.5. The summed E-state index contributed by atoms with van der Waals surface area (Å²) < 4.78 is 5.43. The average Bonchev–Trinajstić information content (AvgIpc) is 2.65. The second-order valence-electron chi connectivity index (χ2n) is 3.67. The van der Waals surface area contributed by atoms with Gasteiger partial charge in [0.15, 0.2) is 0 Å². The highest BCUT2D eigenvalue weighted by molar-refractivity contribution is 7.11. The van der Waals surface area contributed by atoms with E-state index in [4.69, 9.17) is 4.74 Å². The molecule has 0 saturated carbocycles. The molecule has 1 aromatic rings. The second-order valence-corrected chi connectivity index (χ2v) is 4.87. The van der Waals surface area contributed by atoms with E-state index in [9.17, 15) is 0 Å². The molecule has 1 aromatic heterocycles. The fourth-order valence-electron chi connectivity index (χ4n) is 1.17. The highest BCUT2D eigenvalue weighted by Crippen LogP contribution is 2.12. The lowest BCUT2D eigenvalue weighted by Crippen LogP contribution is -2.20. The van der Waals surface area contributed by atoms with Crippen LogP contribution in [0.2, 0.25) is 0 Å². The molecule has 15 heavy (non-hydrogen) atoms. The zero-order valence-corrected chi connectivity index (χ0v) is 10.6. The molecule has 0 bridgehead atoms. The highest BCUT2D eigenvalue weighted by atomic mass is 32.1. The topological polar surface area (TPSA) is 34.2 Å². The predicted molar refractivity (Wildman–Crippen MR) is 64.3 cm³/mol. The van der Waals surface area contributed by atoms with E-state index in [0.717, 1.165) is 26.1 Å². The van der Waals surface area contributed by atoms with E-state index < -0.39 is 0 Å². The number of nitrogens with zero attached hydrogens (tertiary/aromatic N) is 1. The molecule has 3 nitrogen and oxygen atoms in total. The van der Waals surface area contributed by atoms with Crippen molar-refractivity contribution in [2.45, 2.75) is 39.8 Å². The summed E-state index contributed by atoms with van der Waals surface area (Å²) in [5, 5.41) is 4.55. The SMILES string of the molecule is CCc1ncc(CNCCOC(C)C)s1. The molecule has 0 aliphatic rings. The Bertz CT molecular complexity index is 273. The molecular formula is C11H20N2OS. The molecule has 0 amide bonds. The van der Waals surface area contributed by atoms with Gasteiger partial charge >= 0.3 is 0 Å². The molecule has 0 atom stereocenters. The summed E-state index contributed by atoms with van der Waals surface area (Å²) in [5.41, 5.74) is 0. The van der Waals surface area contributed by atoms with Crippen molar-refractivity contribution in [2.75, 3.05) is 13.2 Å². The standard InChI is InChI=1S/C11H20N2OS/c1-4-11-13-8-10(15-11)7-12-5-6-14-9(2)3/h8-9,12H,4-7H2,1-3H3. The van der Waals surface area contributed by atoms with Crippen LogP contribution in [0.3, 0.4) is 0 Å². The van der Waals surface area contributed by atoms with Crippen molar-refractivity contribution >= 4 is 11.3 Å². The van der Waals surface area contributed by atoms with Crippen LogP contribution in [-0.2, 0) is 17.7 Å². The molecule has 0 fully saturated rings. The third-order valence-corrected chi connectivity index (χ3v) is 3.07. The van der Waals surface area contributed by atoms with Gasteiger partial charge in [0.2, 0.25) is 0 Å². The molecule has 1 N–H and O–H groups in total. The first-order chi connectivity index (χ1) is 7.22. The first-order valence-corrected chi connectivity index (χ1v) is 6.30. The monoisotopic (exact) mass is 228 g/mol. The first kappa shape index (κ1) is 12.6. The summed E-state index contributed by atoms with van der Waals surface area (Å²) in [6, 6.07) is 0. The van der Waals surface area contributed by atoms with Crippen LogP contribution in [0.4, 0.5) is 0 Å². The van der Waals surface area contributed by atoms with Crippen LogP contribution in [0, 0.1) is 0 Å². The molecule has 1 heterocycles. The van der Waals surface area contributed by atoms with Crippen LogP contribution in [0.25, 0.3) is 0 Å². The number of aryl methyl sites for hydroxylation is 1. The smallest absolute Gasteiger partial charge is 0.0925 e.